The second-order valence-corrected chi connectivity index (χ2v) is 6.74. The Bertz CT molecular complexity index is 750. The highest BCUT2D eigenvalue weighted by Crippen LogP contribution is 2.17. The number of benzene rings is 2. The van der Waals surface area contributed by atoms with E-state index < -0.39 is 15.8 Å². The van der Waals surface area contributed by atoms with Crippen LogP contribution in [0.1, 0.15) is 11.1 Å². The Kier molecular flexibility index (Phi) is 4.82. The summed E-state index contributed by atoms with van der Waals surface area (Å²) < 4.78 is 39.5. The third kappa shape index (κ3) is 4.42. The number of halogens is 2. The molecule has 0 aromatic heterocycles. The molecule has 0 fully saturated rings. The van der Waals surface area contributed by atoms with E-state index in [9.17, 15) is 12.8 Å². The Morgan fingerprint density at radius 2 is 1.90 bits per heavy atom. The first-order valence-electron chi connectivity index (χ1n) is 6.12. The summed E-state index contributed by atoms with van der Waals surface area (Å²) in [7, 11) is -3.55. The van der Waals surface area contributed by atoms with Crippen LogP contribution in [0.25, 0.3) is 0 Å². The van der Waals surface area contributed by atoms with E-state index in [0.717, 1.165) is 0 Å². The molecule has 0 aliphatic carbocycles. The zero-order valence-corrected chi connectivity index (χ0v) is 12.6. The highest BCUT2D eigenvalue weighted by molar-refractivity contribution is 7.88. The average Bonchev–Trinajstić information content (AvgIpc) is 2.43. The summed E-state index contributed by atoms with van der Waals surface area (Å²) in [5.41, 5.74) is 7.25. The minimum absolute atomic E-state index is 0.0368. The van der Waals surface area contributed by atoms with Crippen molar-refractivity contribution in [3.8, 4) is 0 Å². The number of nitrogens with one attached hydrogen (secondary N) is 1. The van der Waals surface area contributed by atoms with Gasteiger partial charge in [-0.05, 0) is 29.3 Å². The van der Waals surface area contributed by atoms with Gasteiger partial charge in [0.05, 0.1) is 10.8 Å². The molecule has 0 aliphatic rings. The summed E-state index contributed by atoms with van der Waals surface area (Å²) in [6.07, 6.45) is 0. The third-order valence-electron chi connectivity index (χ3n) is 2.88. The summed E-state index contributed by atoms with van der Waals surface area (Å²) in [6.45, 7) is 0.0368. The van der Waals surface area contributed by atoms with Crippen LogP contribution in [-0.4, -0.2) is 8.42 Å². The van der Waals surface area contributed by atoms with Crippen LogP contribution >= 0.6 is 11.6 Å². The number of nitrogen functional groups attached to an aromatic ring is 1. The summed E-state index contributed by atoms with van der Waals surface area (Å²) in [4.78, 5) is 0. The first-order chi connectivity index (χ1) is 9.87. The van der Waals surface area contributed by atoms with Crippen molar-refractivity contribution in [1.82, 2.24) is 4.72 Å². The predicted octanol–water partition coefficient (Wildman–Crippen LogP) is 2.68. The van der Waals surface area contributed by atoms with Crippen LogP contribution in [0.5, 0.6) is 0 Å². The maximum Gasteiger partial charge on any atom is 0.216 e. The Morgan fingerprint density at radius 3 is 2.57 bits per heavy atom. The highest BCUT2D eigenvalue weighted by Gasteiger charge is 2.13. The molecule has 0 amide bonds. The lowest BCUT2D eigenvalue weighted by Gasteiger charge is -2.09. The molecule has 2 aromatic rings. The van der Waals surface area contributed by atoms with Crippen LogP contribution in [0.15, 0.2) is 42.5 Å². The standard InChI is InChI=1S/C14H14ClFN2O2S/c15-12-7-10(5-6-13(12)16)8-18-21(19,20)9-11-3-1-2-4-14(11)17/h1-7,18H,8-9,17H2. The first-order valence-corrected chi connectivity index (χ1v) is 8.15. The molecule has 0 radical (unpaired) electrons. The van der Waals surface area contributed by atoms with Crippen LogP contribution in [-0.2, 0) is 22.3 Å². The lowest BCUT2D eigenvalue weighted by Crippen LogP contribution is -2.25. The van der Waals surface area contributed by atoms with Crippen molar-refractivity contribution in [2.24, 2.45) is 0 Å². The van der Waals surface area contributed by atoms with Gasteiger partial charge in [0, 0.05) is 12.2 Å². The molecule has 2 rings (SSSR count). The quantitative estimate of drug-likeness (QED) is 0.829. The molecule has 0 spiro atoms. The van der Waals surface area contributed by atoms with Crippen LogP contribution < -0.4 is 10.5 Å². The zero-order valence-electron chi connectivity index (χ0n) is 11.0. The summed E-state index contributed by atoms with van der Waals surface area (Å²) in [5, 5.41) is -0.0426. The van der Waals surface area contributed by atoms with E-state index in [1.54, 1.807) is 24.3 Å². The molecule has 2 aromatic carbocycles. The van der Waals surface area contributed by atoms with Gasteiger partial charge in [0.2, 0.25) is 10.0 Å². The predicted molar refractivity (Wildman–Crippen MR) is 81.7 cm³/mol. The van der Waals surface area contributed by atoms with Crippen LogP contribution in [0, 0.1) is 5.82 Å². The van der Waals surface area contributed by atoms with Crippen molar-refractivity contribution in [3.63, 3.8) is 0 Å². The van der Waals surface area contributed by atoms with Gasteiger partial charge >= 0.3 is 0 Å². The summed E-state index contributed by atoms with van der Waals surface area (Å²) in [5.74, 6) is -0.755. The van der Waals surface area contributed by atoms with Crippen molar-refractivity contribution in [2.45, 2.75) is 12.3 Å². The Balaban J connectivity index is 2.04. The van der Waals surface area contributed by atoms with E-state index in [4.69, 9.17) is 17.3 Å². The fourth-order valence-corrected chi connectivity index (χ4v) is 3.13. The average molecular weight is 329 g/mol. The molecular weight excluding hydrogens is 315 g/mol. The van der Waals surface area contributed by atoms with E-state index in [2.05, 4.69) is 4.72 Å². The number of sulfonamides is 1. The lowest BCUT2D eigenvalue weighted by molar-refractivity contribution is 0.580. The van der Waals surface area contributed by atoms with Gasteiger partial charge in [-0.25, -0.2) is 17.5 Å². The fraction of sp³-hybridized carbons (Fsp3) is 0.143. The van der Waals surface area contributed by atoms with Gasteiger partial charge in [-0.3, -0.25) is 0 Å². The van der Waals surface area contributed by atoms with Gasteiger partial charge in [-0.2, -0.15) is 0 Å². The normalized spacial score (nSPS) is 11.5. The monoisotopic (exact) mass is 328 g/mol. The fourth-order valence-electron chi connectivity index (χ4n) is 1.76. The zero-order chi connectivity index (χ0) is 15.5. The first kappa shape index (κ1) is 15.8. The third-order valence-corrected chi connectivity index (χ3v) is 4.45. The Labute approximate surface area is 127 Å². The van der Waals surface area contributed by atoms with Gasteiger partial charge in [-0.1, -0.05) is 35.9 Å². The topological polar surface area (TPSA) is 72.2 Å². The minimum Gasteiger partial charge on any atom is -0.398 e. The molecule has 4 nitrogen and oxygen atoms in total. The Morgan fingerprint density at radius 1 is 1.19 bits per heavy atom. The lowest BCUT2D eigenvalue weighted by atomic mass is 10.2. The van der Waals surface area contributed by atoms with Crippen LogP contribution in [0.4, 0.5) is 10.1 Å². The molecule has 0 atom stereocenters. The maximum atomic E-state index is 13.0. The van der Waals surface area contributed by atoms with Gasteiger partial charge in [0.25, 0.3) is 0 Å². The van der Waals surface area contributed by atoms with Gasteiger partial charge in [0.15, 0.2) is 0 Å². The second kappa shape index (κ2) is 6.43. The number of rotatable bonds is 5. The van der Waals surface area contributed by atoms with Crippen molar-refractivity contribution >= 4 is 27.3 Å². The van der Waals surface area contributed by atoms with E-state index >= 15 is 0 Å². The molecule has 112 valence electrons. The maximum absolute atomic E-state index is 13.0. The van der Waals surface area contributed by atoms with Gasteiger partial charge in [0.1, 0.15) is 5.82 Å². The van der Waals surface area contributed by atoms with Crippen molar-refractivity contribution in [1.29, 1.82) is 0 Å². The van der Waals surface area contributed by atoms with Gasteiger partial charge in [-0.15, -0.1) is 0 Å². The molecule has 0 bridgehead atoms. The molecule has 21 heavy (non-hydrogen) atoms. The van der Waals surface area contributed by atoms with Crippen LogP contribution in [0.2, 0.25) is 5.02 Å². The van der Waals surface area contributed by atoms with Gasteiger partial charge < -0.3 is 5.73 Å². The molecule has 0 saturated carbocycles. The molecule has 0 aliphatic heterocycles. The minimum atomic E-state index is -3.55. The van der Waals surface area contributed by atoms with Crippen molar-refractivity contribution in [3.05, 3.63) is 64.4 Å². The summed E-state index contributed by atoms with van der Waals surface area (Å²) >= 11 is 5.65. The van der Waals surface area contributed by atoms with Crippen molar-refractivity contribution < 1.29 is 12.8 Å². The molecule has 0 unspecified atom stereocenters. The molecule has 0 saturated heterocycles. The van der Waals surface area contributed by atoms with E-state index in [1.165, 1.54) is 18.2 Å². The molecular formula is C14H14ClFN2O2S. The molecule has 0 heterocycles. The Hall–Kier alpha value is -1.63. The van der Waals surface area contributed by atoms with E-state index in [-0.39, 0.29) is 17.3 Å². The second-order valence-electron chi connectivity index (χ2n) is 4.53. The number of hydrogen-bond acceptors (Lipinski definition) is 3. The van der Waals surface area contributed by atoms with E-state index in [0.29, 0.717) is 16.8 Å². The van der Waals surface area contributed by atoms with Crippen molar-refractivity contribution in [2.75, 3.05) is 5.73 Å². The number of para-hydroxylation sites is 1. The van der Waals surface area contributed by atoms with Crippen LogP contribution in [0.3, 0.4) is 0 Å². The SMILES string of the molecule is Nc1ccccc1CS(=O)(=O)NCc1ccc(F)c(Cl)c1. The largest absolute Gasteiger partial charge is 0.398 e. The number of hydrogen-bond donors (Lipinski definition) is 2. The number of nitrogens with two attached hydrogens (primary N) is 1. The molecule has 3 N–H and O–H groups in total. The molecule has 7 heteroatoms. The van der Waals surface area contributed by atoms with E-state index in [1.807, 2.05) is 0 Å². The summed E-state index contributed by atoms with van der Waals surface area (Å²) in [6, 6.07) is 10.8. The smallest absolute Gasteiger partial charge is 0.216 e. The highest BCUT2D eigenvalue weighted by atomic mass is 35.5. The number of anilines is 1.